The molecule has 0 saturated carbocycles. The fraction of sp³-hybridized carbons (Fsp3) is 0.143. The summed E-state index contributed by atoms with van der Waals surface area (Å²) in [5.74, 6) is 0.0338. The molecule has 0 saturated heterocycles. The number of phenolic OH excluding ortho intramolecular Hbond substituents is 1. The molecule has 1 aromatic rings. The number of phenols is 1. The van der Waals surface area contributed by atoms with Gasteiger partial charge in [-0.15, -0.1) is 0 Å². The molecule has 0 aliphatic rings. The second-order valence-electron chi connectivity index (χ2n) is 2.24. The Morgan fingerprint density at radius 3 is 2.67 bits per heavy atom. The molecule has 12 heavy (non-hydrogen) atoms. The average molecular weight is 207 g/mol. The van der Waals surface area contributed by atoms with Crippen LogP contribution in [0.4, 0.5) is 0 Å². The van der Waals surface area contributed by atoms with Crippen LogP contribution in [0.25, 0.3) is 0 Å². The van der Waals surface area contributed by atoms with E-state index in [0.717, 1.165) is 0 Å². The first-order valence-electron chi connectivity index (χ1n) is 3.14. The first kappa shape index (κ1) is 9.51. The Labute approximate surface area is 77.3 Å². The van der Waals surface area contributed by atoms with Crippen molar-refractivity contribution in [3.8, 4) is 5.75 Å². The molecular formula is C7H7ClO3S. The van der Waals surface area contributed by atoms with Gasteiger partial charge in [-0.25, -0.2) is 4.21 Å². The van der Waals surface area contributed by atoms with Gasteiger partial charge in [0.15, 0.2) is 11.1 Å². The third-order valence-electron chi connectivity index (χ3n) is 1.32. The van der Waals surface area contributed by atoms with Crippen molar-refractivity contribution in [1.82, 2.24) is 0 Å². The smallest absolute Gasteiger partial charge is 0.157 e. The molecule has 1 rings (SSSR count). The maximum atomic E-state index is 10.4. The molecule has 0 amide bonds. The lowest BCUT2D eigenvalue weighted by molar-refractivity contribution is 0.475. The van der Waals surface area contributed by atoms with Crippen molar-refractivity contribution < 1.29 is 13.9 Å². The van der Waals surface area contributed by atoms with E-state index in [9.17, 15) is 4.21 Å². The first-order valence-corrected chi connectivity index (χ1v) is 4.80. The Kier molecular flexibility index (Phi) is 3.08. The summed E-state index contributed by atoms with van der Waals surface area (Å²) in [5, 5.41) is 9.25. The number of halogens is 1. The minimum atomic E-state index is -1.90. The van der Waals surface area contributed by atoms with Crippen molar-refractivity contribution in [1.29, 1.82) is 0 Å². The van der Waals surface area contributed by atoms with Crippen molar-refractivity contribution >= 4 is 22.7 Å². The van der Waals surface area contributed by atoms with Crippen LogP contribution in [0.1, 0.15) is 5.56 Å². The van der Waals surface area contributed by atoms with Crippen molar-refractivity contribution in [3.05, 3.63) is 28.8 Å². The third-order valence-corrected chi connectivity index (χ3v) is 2.23. The van der Waals surface area contributed by atoms with Gasteiger partial charge in [0.2, 0.25) is 0 Å². The number of aromatic hydroxyl groups is 1. The Hall–Kier alpha value is -0.580. The van der Waals surface area contributed by atoms with Gasteiger partial charge in [0.1, 0.15) is 5.75 Å². The molecule has 1 aromatic carbocycles. The summed E-state index contributed by atoms with van der Waals surface area (Å²) in [5.41, 5.74) is 0.551. The van der Waals surface area contributed by atoms with Crippen LogP contribution < -0.4 is 0 Å². The summed E-state index contributed by atoms with van der Waals surface area (Å²) in [7, 11) is 0. The van der Waals surface area contributed by atoms with Gasteiger partial charge in [-0.05, 0) is 17.7 Å². The fourth-order valence-electron chi connectivity index (χ4n) is 0.786. The highest BCUT2D eigenvalue weighted by molar-refractivity contribution is 7.78. The van der Waals surface area contributed by atoms with Gasteiger partial charge < -0.3 is 9.66 Å². The van der Waals surface area contributed by atoms with E-state index in [0.29, 0.717) is 10.6 Å². The van der Waals surface area contributed by atoms with E-state index in [1.54, 1.807) is 0 Å². The van der Waals surface area contributed by atoms with E-state index in [4.69, 9.17) is 21.3 Å². The molecule has 0 aliphatic carbocycles. The molecule has 0 heterocycles. The molecule has 66 valence electrons. The molecule has 1 atom stereocenters. The third kappa shape index (κ3) is 2.48. The molecular weight excluding hydrogens is 200 g/mol. The molecule has 3 nitrogen and oxygen atoms in total. The Morgan fingerprint density at radius 1 is 1.50 bits per heavy atom. The largest absolute Gasteiger partial charge is 0.508 e. The summed E-state index contributed by atoms with van der Waals surface area (Å²) in [6, 6.07) is 4.28. The molecule has 0 fully saturated rings. The predicted molar refractivity (Wildman–Crippen MR) is 47.6 cm³/mol. The second kappa shape index (κ2) is 3.89. The maximum Gasteiger partial charge on any atom is 0.157 e. The molecule has 5 heteroatoms. The van der Waals surface area contributed by atoms with Crippen molar-refractivity contribution in [2.75, 3.05) is 0 Å². The van der Waals surface area contributed by atoms with Crippen LogP contribution >= 0.6 is 11.6 Å². The minimum absolute atomic E-state index is 0.0148. The highest BCUT2D eigenvalue weighted by Crippen LogP contribution is 2.22. The minimum Gasteiger partial charge on any atom is -0.508 e. The van der Waals surface area contributed by atoms with Crippen molar-refractivity contribution in [2.24, 2.45) is 0 Å². The molecule has 2 N–H and O–H groups in total. The van der Waals surface area contributed by atoms with Crippen LogP contribution in [0.15, 0.2) is 18.2 Å². The fourth-order valence-corrected chi connectivity index (χ4v) is 1.62. The van der Waals surface area contributed by atoms with Crippen LogP contribution in [0.3, 0.4) is 0 Å². The van der Waals surface area contributed by atoms with E-state index >= 15 is 0 Å². The molecule has 1 unspecified atom stereocenters. The number of benzene rings is 1. The van der Waals surface area contributed by atoms with E-state index in [1.165, 1.54) is 18.2 Å². The van der Waals surface area contributed by atoms with Crippen LogP contribution in [0.2, 0.25) is 5.02 Å². The van der Waals surface area contributed by atoms with Gasteiger partial charge >= 0.3 is 0 Å². The van der Waals surface area contributed by atoms with E-state index in [2.05, 4.69) is 0 Å². The quantitative estimate of drug-likeness (QED) is 0.726. The molecule has 0 bridgehead atoms. The lowest BCUT2D eigenvalue weighted by atomic mass is 10.2. The van der Waals surface area contributed by atoms with Gasteiger partial charge in [-0.3, -0.25) is 0 Å². The van der Waals surface area contributed by atoms with Crippen LogP contribution in [-0.2, 0) is 16.8 Å². The highest BCUT2D eigenvalue weighted by Gasteiger charge is 2.03. The standard InChI is InChI=1S/C7H7ClO3S/c8-7-3-6(9)2-1-5(7)4-12(10)11/h1-3,9H,4H2,(H,10,11). The van der Waals surface area contributed by atoms with Crippen LogP contribution in [-0.4, -0.2) is 13.9 Å². The zero-order valence-electron chi connectivity index (χ0n) is 6.03. The lowest BCUT2D eigenvalue weighted by Crippen LogP contribution is -1.93. The molecule has 0 spiro atoms. The maximum absolute atomic E-state index is 10.4. The topological polar surface area (TPSA) is 57.5 Å². The molecule has 0 radical (unpaired) electrons. The predicted octanol–water partition coefficient (Wildman–Crippen LogP) is 1.77. The summed E-state index contributed by atoms with van der Waals surface area (Å²) >= 11 is 3.77. The zero-order valence-corrected chi connectivity index (χ0v) is 7.60. The summed E-state index contributed by atoms with van der Waals surface area (Å²) in [4.78, 5) is 0. The SMILES string of the molecule is O=S(O)Cc1ccc(O)cc1Cl. The van der Waals surface area contributed by atoms with Gasteiger partial charge in [0, 0.05) is 5.02 Å². The van der Waals surface area contributed by atoms with E-state index in [1.807, 2.05) is 0 Å². The van der Waals surface area contributed by atoms with Gasteiger partial charge in [-0.2, -0.15) is 0 Å². The van der Waals surface area contributed by atoms with Gasteiger partial charge in [-0.1, -0.05) is 17.7 Å². The summed E-state index contributed by atoms with van der Waals surface area (Å²) in [6.07, 6.45) is 0. The van der Waals surface area contributed by atoms with E-state index < -0.39 is 11.1 Å². The summed E-state index contributed by atoms with van der Waals surface area (Å²) < 4.78 is 18.9. The zero-order chi connectivity index (χ0) is 9.14. The lowest BCUT2D eigenvalue weighted by Gasteiger charge is -2.00. The monoisotopic (exact) mass is 206 g/mol. The number of rotatable bonds is 2. The highest BCUT2D eigenvalue weighted by atomic mass is 35.5. The molecule has 0 aliphatic heterocycles. The van der Waals surface area contributed by atoms with Crippen LogP contribution in [0, 0.1) is 0 Å². The Bertz CT molecular complexity index is 314. The normalized spacial score (nSPS) is 12.8. The Morgan fingerprint density at radius 2 is 2.17 bits per heavy atom. The van der Waals surface area contributed by atoms with Crippen molar-refractivity contribution in [2.45, 2.75) is 5.75 Å². The van der Waals surface area contributed by atoms with E-state index in [-0.39, 0.29) is 11.5 Å². The van der Waals surface area contributed by atoms with Crippen LogP contribution in [0.5, 0.6) is 5.75 Å². The van der Waals surface area contributed by atoms with Gasteiger partial charge in [0.05, 0.1) is 5.75 Å². The second-order valence-corrected chi connectivity index (χ2v) is 3.58. The van der Waals surface area contributed by atoms with Gasteiger partial charge in [0.25, 0.3) is 0 Å². The first-order chi connectivity index (χ1) is 5.59. The average Bonchev–Trinajstić information content (AvgIpc) is 1.94. The Balaban J connectivity index is 2.93. The number of hydrogen-bond donors (Lipinski definition) is 2. The summed E-state index contributed by atoms with van der Waals surface area (Å²) in [6.45, 7) is 0. The molecule has 0 aromatic heterocycles. The number of hydrogen-bond acceptors (Lipinski definition) is 2. The van der Waals surface area contributed by atoms with Crippen molar-refractivity contribution in [3.63, 3.8) is 0 Å².